The van der Waals surface area contributed by atoms with E-state index in [-0.39, 0.29) is 141 Å². The Bertz CT molecular complexity index is 2240. The van der Waals surface area contributed by atoms with Gasteiger partial charge in [0.2, 0.25) is 0 Å². The normalized spacial score (nSPS) is 10.4. The molecule has 53 heavy (non-hydrogen) atoms. The van der Waals surface area contributed by atoms with Crippen LogP contribution in [0, 0.1) is 0 Å². The fourth-order valence-corrected chi connectivity index (χ4v) is 12.7. The smallest absolute Gasteiger partial charge is 0.550 e. The third kappa shape index (κ3) is 10.8. The number of thiophene rings is 7. The van der Waals surface area contributed by atoms with Crippen LogP contribution >= 0.6 is 79.4 Å². The van der Waals surface area contributed by atoms with Crippen LogP contribution in [0.1, 0.15) is 30.5 Å². The Hall–Kier alpha value is -0.220. The SMILES string of the molecule is O=C([O-])Cc1cc(-c2ccc(-c3ccc(C(=O)[O-])s3)s2)sc1-c1ccc(-c2sc(-c3ccc(-c4ccc(C(=O)[O-])s4)s3)cc2CC(=O)[O-])s1.[Na+].[Na+].[Na+].[Na+]. The zero-order valence-corrected chi connectivity index (χ0v) is 42.2. The number of aromatic carboxylic acids is 2. The average molecular weight is 869 g/mol. The molecule has 0 N–H and O–H groups in total. The van der Waals surface area contributed by atoms with E-state index in [2.05, 4.69) is 0 Å². The van der Waals surface area contributed by atoms with Crippen LogP contribution in [0.25, 0.3) is 58.5 Å². The molecule has 7 rings (SSSR count). The van der Waals surface area contributed by atoms with Crippen molar-refractivity contribution in [2.24, 2.45) is 0 Å². The van der Waals surface area contributed by atoms with Crippen LogP contribution in [-0.2, 0) is 22.4 Å². The Morgan fingerprint density at radius 2 is 0.660 bits per heavy atom. The number of carbonyl (C=O) groups excluding carboxylic acids is 4. The van der Waals surface area contributed by atoms with Gasteiger partial charge >= 0.3 is 118 Å². The Balaban J connectivity index is 0.00000189. The molecule has 0 fully saturated rings. The molecule has 0 atom stereocenters. The molecule has 0 spiro atoms. The van der Waals surface area contributed by atoms with E-state index in [9.17, 15) is 39.6 Å². The summed E-state index contributed by atoms with van der Waals surface area (Å²) in [6.45, 7) is 0. The fraction of sp³-hybridized carbons (Fsp3) is 0.0588. The fourth-order valence-electron chi connectivity index (χ4n) is 5.04. The van der Waals surface area contributed by atoms with Crippen LogP contribution in [0.5, 0.6) is 0 Å². The standard InChI is InChI=1S/C34H20O8S7.4Na/c35-29(36)13-15-11-27(21-3-1-17(43-21)19-5-9-25(45-19)33(39)40)48-31(15)23-7-8-24(47-23)32-16(14-30(37)38)12-28(49-32)22-4-2-18(44-22)20-6-10-26(46-20)34(41)42;;;;/h1-12H,13-14H2,(H,35,36)(H,37,38)(H,39,40)(H,41,42);;;;/q;4*+1/p-4. The first-order chi connectivity index (χ1) is 23.5. The van der Waals surface area contributed by atoms with Gasteiger partial charge in [-0.25, -0.2) is 0 Å². The van der Waals surface area contributed by atoms with Gasteiger partial charge in [0.15, 0.2) is 0 Å². The van der Waals surface area contributed by atoms with Gasteiger partial charge in [0, 0.05) is 83.3 Å². The maximum absolute atomic E-state index is 11.7. The van der Waals surface area contributed by atoms with E-state index in [0.29, 0.717) is 11.1 Å². The van der Waals surface area contributed by atoms with Crippen LogP contribution in [0.2, 0.25) is 0 Å². The van der Waals surface area contributed by atoms with Crippen molar-refractivity contribution in [3.63, 3.8) is 0 Å². The van der Waals surface area contributed by atoms with Crippen LogP contribution < -0.4 is 139 Å². The van der Waals surface area contributed by atoms with Gasteiger partial charge in [-0.1, -0.05) is 0 Å². The summed E-state index contributed by atoms with van der Waals surface area (Å²) in [6, 6.07) is 21.6. The molecule has 7 aromatic rings. The zero-order valence-electron chi connectivity index (χ0n) is 28.5. The van der Waals surface area contributed by atoms with Gasteiger partial charge in [0.1, 0.15) is 0 Å². The van der Waals surface area contributed by atoms with Crippen LogP contribution in [-0.4, -0.2) is 23.9 Å². The first-order valence-corrected chi connectivity index (χ1v) is 19.8. The number of carbonyl (C=O) groups is 4. The average Bonchev–Trinajstić information content (AvgIpc) is 3.87. The van der Waals surface area contributed by atoms with Crippen molar-refractivity contribution >= 4 is 103 Å². The molecule has 0 aromatic carbocycles. The Morgan fingerprint density at radius 1 is 0.377 bits per heavy atom. The van der Waals surface area contributed by atoms with Gasteiger partial charge in [-0.2, -0.15) is 0 Å². The molecule has 0 bridgehead atoms. The third-order valence-corrected chi connectivity index (χ3v) is 16.0. The van der Waals surface area contributed by atoms with Crippen molar-refractivity contribution in [3.05, 3.63) is 93.7 Å². The molecular formula is C34H16Na4O8S7. The van der Waals surface area contributed by atoms with E-state index in [1.54, 1.807) is 12.1 Å². The van der Waals surface area contributed by atoms with E-state index in [1.165, 1.54) is 68.8 Å². The molecule has 0 saturated carbocycles. The van der Waals surface area contributed by atoms with Crippen molar-refractivity contribution in [2.75, 3.05) is 0 Å². The van der Waals surface area contributed by atoms with Crippen LogP contribution in [0.3, 0.4) is 0 Å². The summed E-state index contributed by atoms with van der Waals surface area (Å²) in [5.41, 5.74) is 1.20. The summed E-state index contributed by atoms with van der Waals surface area (Å²) in [6.07, 6.45) is -0.572. The number of hydrogen-bond donors (Lipinski definition) is 0. The molecule has 0 aliphatic heterocycles. The molecule has 0 aliphatic rings. The molecule has 0 unspecified atom stereocenters. The molecule has 0 aliphatic carbocycles. The van der Waals surface area contributed by atoms with Crippen molar-refractivity contribution in [1.29, 1.82) is 0 Å². The van der Waals surface area contributed by atoms with Gasteiger partial charge in [-0.15, -0.1) is 79.4 Å². The molecule has 0 saturated heterocycles. The number of hydrogen-bond acceptors (Lipinski definition) is 15. The summed E-state index contributed by atoms with van der Waals surface area (Å²) in [7, 11) is 0. The molecular weight excluding hydrogens is 853 g/mol. The van der Waals surface area contributed by atoms with E-state index in [0.717, 1.165) is 81.2 Å². The van der Waals surface area contributed by atoms with Crippen molar-refractivity contribution < 1.29 is 158 Å². The van der Waals surface area contributed by atoms with Crippen molar-refractivity contribution in [1.82, 2.24) is 0 Å². The third-order valence-electron chi connectivity index (χ3n) is 7.14. The first kappa shape index (κ1) is 47.2. The number of carboxylic acids is 4. The minimum absolute atomic E-state index is 0. The van der Waals surface area contributed by atoms with Gasteiger partial charge in [-0.3, -0.25) is 0 Å². The maximum Gasteiger partial charge on any atom is 1.00 e. The Kier molecular flexibility index (Phi) is 18.2. The summed E-state index contributed by atoms with van der Waals surface area (Å²) < 4.78 is 0. The van der Waals surface area contributed by atoms with Crippen molar-refractivity contribution in [2.45, 2.75) is 12.8 Å². The summed E-state index contributed by atoms with van der Waals surface area (Å²) >= 11 is 9.54. The predicted octanol–water partition coefficient (Wildman–Crippen LogP) is -6.55. The molecule has 0 amide bonds. The second-order valence-electron chi connectivity index (χ2n) is 10.4. The number of carboxylic acid groups (broad SMARTS) is 4. The quantitative estimate of drug-likeness (QED) is 0.110. The first-order valence-electron chi connectivity index (χ1n) is 14.1. The molecule has 7 aromatic heterocycles. The summed E-state index contributed by atoms with van der Waals surface area (Å²) in [5.74, 6) is -4.88. The van der Waals surface area contributed by atoms with Gasteiger partial charge in [-0.05, 0) is 83.9 Å². The van der Waals surface area contributed by atoms with Gasteiger partial charge in [0.05, 0.1) is 21.7 Å². The molecule has 19 heteroatoms. The van der Waals surface area contributed by atoms with E-state index >= 15 is 0 Å². The topological polar surface area (TPSA) is 161 Å². The zero-order chi connectivity index (χ0) is 34.4. The number of aliphatic carboxylic acids is 2. The molecule has 7 heterocycles. The monoisotopic (exact) mass is 868 g/mol. The molecule has 8 nitrogen and oxygen atoms in total. The van der Waals surface area contributed by atoms with Gasteiger partial charge in [0.25, 0.3) is 0 Å². The largest absolute Gasteiger partial charge is 1.00 e. The van der Waals surface area contributed by atoms with Gasteiger partial charge < -0.3 is 39.6 Å². The Labute approximate surface area is 419 Å². The Morgan fingerprint density at radius 3 is 0.981 bits per heavy atom. The molecule has 0 radical (unpaired) electrons. The summed E-state index contributed by atoms with van der Waals surface area (Å²) in [4.78, 5) is 56.3. The molecule has 246 valence electrons. The predicted molar refractivity (Wildman–Crippen MR) is 190 cm³/mol. The maximum atomic E-state index is 11.7. The minimum atomic E-state index is -1.23. The van der Waals surface area contributed by atoms with E-state index in [4.69, 9.17) is 0 Å². The van der Waals surface area contributed by atoms with Crippen molar-refractivity contribution in [3.8, 4) is 58.5 Å². The van der Waals surface area contributed by atoms with E-state index < -0.39 is 23.9 Å². The second-order valence-corrected chi connectivity index (χ2v) is 17.9. The minimum Gasteiger partial charge on any atom is -0.550 e. The second kappa shape index (κ2) is 20.5. The van der Waals surface area contributed by atoms with Crippen LogP contribution in [0.15, 0.2) is 72.8 Å². The van der Waals surface area contributed by atoms with Crippen LogP contribution in [0.4, 0.5) is 0 Å². The number of rotatable bonds is 12. The van der Waals surface area contributed by atoms with E-state index in [1.807, 2.05) is 48.5 Å². The summed E-state index contributed by atoms with van der Waals surface area (Å²) in [5, 5.41) is 46.0.